The zero-order valence-corrected chi connectivity index (χ0v) is 16.1. The lowest BCUT2D eigenvalue weighted by Crippen LogP contribution is -2.09. The molecule has 0 fully saturated rings. The molecular formula is C18H17N5O2S2. The molecule has 3 aromatic heterocycles. The van der Waals surface area contributed by atoms with E-state index in [2.05, 4.69) is 26.2 Å². The summed E-state index contributed by atoms with van der Waals surface area (Å²) in [4.78, 5) is 5.61. The maximum atomic E-state index is 11.5. The molecule has 27 heavy (non-hydrogen) atoms. The number of hydrogen-bond acceptors (Lipinski definition) is 6. The fraction of sp³-hybridized carbons (Fsp3) is 0.111. The highest BCUT2D eigenvalue weighted by molar-refractivity contribution is 7.92. The minimum atomic E-state index is -3.34. The van der Waals surface area contributed by atoms with E-state index >= 15 is 0 Å². The average Bonchev–Trinajstić information content (AvgIpc) is 3.28. The monoisotopic (exact) mass is 399 g/mol. The molecule has 0 amide bonds. The minimum absolute atomic E-state index is 0.497. The Morgan fingerprint density at radius 1 is 1.15 bits per heavy atom. The summed E-state index contributed by atoms with van der Waals surface area (Å²) in [5.41, 5.74) is 2.81. The number of sulfonamides is 1. The predicted octanol–water partition coefficient (Wildman–Crippen LogP) is 3.44. The second-order valence-corrected chi connectivity index (χ2v) is 8.80. The molecule has 0 atom stereocenters. The summed E-state index contributed by atoms with van der Waals surface area (Å²) >= 11 is 1.69. The van der Waals surface area contributed by atoms with Gasteiger partial charge in [0.15, 0.2) is 5.65 Å². The number of rotatable bonds is 6. The molecule has 2 N–H and O–H groups in total. The van der Waals surface area contributed by atoms with Crippen LogP contribution in [-0.4, -0.2) is 29.3 Å². The van der Waals surface area contributed by atoms with Crippen LogP contribution in [0.5, 0.6) is 0 Å². The van der Waals surface area contributed by atoms with Crippen molar-refractivity contribution in [2.75, 3.05) is 16.3 Å². The molecule has 0 aliphatic rings. The van der Waals surface area contributed by atoms with Crippen molar-refractivity contribution in [2.45, 2.75) is 6.54 Å². The first-order valence-corrected chi connectivity index (χ1v) is 10.9. The molecule has 0 bridgehead atoms. The van der Waals surface area contributed by atoms with Gasteiger partial charge < -0.3 is 5.32 Å². The van der Waals surface area contributed by atoms with Crippen molar-refractivity contribution in [3.05, 3.63) is 65.0 Å². The zero-order chi connectivity index (χ0) is 18.9. The molecule has 0 aliphatic heterocycles. The van der Waals surface area contributed by atoms with Gasteiger partial charge in [0.1, 0.15) is 5.82 Å². The van der Waals surface area contributed by atoms with Gasteiger partial charge in [-0.3, -0.25) is 4.72 Å². The van der Waals surface area contributed by atoms with E-state index in [1.165, 1.54) is 4.88 Å². The quantitative estimate of drug-likeness (QED) is 0.518. The van der Waals surface area contributed by atoms with Crippen LogP contribution in [0.1, 0.15) is 4.88 Å². The average molecular weight is 400 g/mol. The third-order valence-corrected chi connectivity index (χ3v) is 5.33. The first-order chi connectivity index (χ1) is 13.0. The smallest absolute Gasteiger partial charge is 0.229 e. The first kappa shape index (κ1) is 17.5. The maximum Gasteiger partial charge on any atom is 0.229 e. The Kier molecular flexibility index (Phi) is 4.54. The Bertz CT molecular complexity index is 1180. The molecule has 138 valence electrons. The van der Waals surface area contributed by atoms with Crippen LogP contribution in [0.2, 0.25) is 0 Å². The van der Waals surface area contributed by atoms with Gasteiger partial charge in [0.2, 0.25) is 10.0 Å². The molecule has 0 saturated heterocycles. The number of thiophene rings is 1. The van der Waals surface area contributed by atoms with Gasteiger partial charge in [0, 0.05) is 16.1 Å². The van der Waals surface area contributed by atoms with Crippen LogP contribution >= 0.6 is 11.3 Å². The summed E-state index contributed by atoms with van der Waals surface area (Å²) < 4.78 is 27.2. The summed E-state index contributed by atoms with van der Waals surface area (Å²) in [6, 6.07) is 15.0. The summed E-state index contributed by atoms with van der Waals surface area (Å²) in [6.45, 7) is 0.702. The van der Waals surface area contributed by atoms with E-state index in [-0.39, 0.29) is 0 Å². The van der Waals surface area contributed by atoms with Crippen LogP contribution in [0, 0.1) is 0 Å². The van der Waals surface area contributed by atoms with Gasteiger partial charge in [0.05, 0.1) is 24.7 Å². The summed E-state index contributed by atoms with van der Waals surface area (Å²) in [5.74, 6) is 0.737. The Labute approximate surface area is 160 Å². The van der Waals surface area contributed by atoms with E-state index in [0.717, 1.165) is 23.3 Å². The SMILES string of the molecule is CS(=O)(=O)Nc1cccc(-c2cnc3ccc(NCc4cccs4)nn23)c1. The van der Waals surface area contributed by atoms with Crippen LogP contribution in [0.3, 0.4) is 0 Å². The second kappa shape index (κ2) is 7.01. The zero-order valence-electron chi connectivity index (χ0n) is 14.5. The van der Waals surface area contributed by atoms with Crippen LogP contribution in [-0.2, 0) is 16.6 Å². The minimum Gasteiger partial charge on any atom is -0.364 e. The predicted molar refractivity (Wildman–Crippen MR) is 109 cm³/mol. The number of anilines is 2. The van der Waals surface area contributed by atoms with Gasteiger partial charge >= 0.3 is 0 Å². The van der Waals surface area contributed by atoms with E-state index in [0.29, 0.717) is 17.9 Å². The standard InChI is InChI=1S/C18H17N5O2S2/c1-27(24,25)22-14-5-2-4-13(10-14)16-12-20-18-8-7-17(21-23(16)18)19-11-15-6-3-9-26-15/h2-10,12,22H,11H2,1H3,(H,19,21). The van der Waals surface area contributed by atoms with E-state index in [1.54, 1.807) is 40.2 Å². The first-order valence-electron chi connectivity index (χ1n) is 8.17. The highest BCUT2D eigenvalue weighted by atomic mass is 32.2. The van der Waals surface area contributed by atoms with Crippen molar-refractivity contribution >= 4 is 38.5 Å². The van der Waals surface area contributed by atoms with Gasteiger partial charge in [-0.05, 0) is 35.7 Å². The molecule has 9 heteroatoms. The molecule has 0 radical (unpaired) electrons. The molecule has 0 spiro atoms. The number of nitrogens with zero attached hydrogens (tertiary/aromatic N) is 3. The molecule has 4 rings (SSSR count). The number of nitrogens with one attached hydrogen (secondary N) is 2. The van der Waals surface area contributed by atoms with Crippen LogP contribution in [0.25, 0.3) is 16.9 Å². The second-order valence-electron chi connectivity index (χ2n) is 6.02. The number of imidazole rings is 1. The summed E-state index contributed by atoms with van der Waals surface area (Å²) in [5, 5.41) is 9.97. The van der Waals surface area contributed by atoms with Gasteiger partial charge in [0.25, 0.3) is 0 Å². The summed E-state index contributed by atoms with van der Waals surface area (Å²) in [6.07, 6.45) is 2.85. The van der Waals surface area contributed by atoms with E-state index in [4.69, 9.17) is 0 Å². The number of aromatic nitrogens is 3. The molecule has 7 nitrogen and oxygen atoms in total. The Morgan fingerprint density at radius 3 is 2.81 bits per heavy atom. The number of benzene rings is 1. The third kappa shape index (κ3) is 4.09. The van der Waals surface area contributed by atoms with Gasteiger partial charge in [-0.1, -0.05) is 18.2 Å². The van der Waals surface area contributed by atoms with Crippen molar-refractivity contribution in [2.24, 2.45) is 0 Å². The van der Waals surface area contributed by atoms with Crippen LogP contribution in [0.15, 0.2) is 60.1 Å². The van der Waals surface area contributed by atoms with Crippen LogP contribution < -0.4 is 10.0 Å². The summed E-state index contributed by atoms with van der Waals surface area (Å²) in [7, 11) is -3.34. The van der Waals surface area contributed by atoms with Gasteiger partial charge in [-0.25, -0.2) is 17.9 Å². The molecule has 0 unspecified atom stereocenters. The molecular weight excluding hydrogens is 382 g/mol. The van der Waals surface area contributed by atoms with Crippen molar-refractivity contribution in [1.29, 1.82) is 0 Å². The van der Waals surface area contributed by atoms with E-state index < -0.39 is 10.0 Å². The molecule has 0 aliphatic carbocycles. The molecule has 3 heterocycles. The topological polar surface area (TPSA) is 88.4 Å². The lowest BCUT2D eigenvalue weighted by Gasteiger charge is -2.08. The molecule has 4 aromatic rings. The Hall–Kier alpha value is -2.91. The number of fused-ring (bicyclic) bond motifs is 1. The fourth-order valence-electron chi connectivity index (χ4n) is 2.71. The third-order valence-electron chi connectivity index (χ3n) is 3.85. The van der Waals surface area contributed by atoms with Crippen molar-refractivity contribution in [3.8, 4) is 11.3 Å². The Balaban J connectivity index is 1.66. The van der Waals surface area contributed by atoms with E-state index in [9.17, 15) is 8.42 Å². The highest BCUT2D eigenvalue weighted by Crippen LogP contribution is 2.24. The van der Waals surface area contributed by atoms with Crippen molar-refractivity contribution in [3.63, 3.8) is 0 Å². The number of hydrogen-bond donors (Lipinski definition) is 2. The van der Waals surface area contributed by atoms with E-state index in [1.807, 2.05) is 29.6 Å². The fourth-order valence-corrected chi connectivity index (χ4v) is 3.91. The van der Waals surface area contributed by atoms with Crippen molar-refractivity contribution < 1.29 is 8.42 Å². The lowest BCUT2D eigenvalue weighted by molar-refractivity contribution is 0.607. The van der Waals surface area contributed by atoms with Crippen LogP contribution in [0.4, 0.5) is 11.5 Å². The van der Waals surface area contributed by atoms with Gasteiger partial charge in [-0.2, -0.15) is 0 Å². The molecule has 0 saturated carbocycles. The Morgan fingerprint density at radius 2 is 2.04 bits per heavy atom. The normalized spacial score (nSPS) is 11.6. The largest absolute Gasteiger partial charge is 0.364 e. The van der Waals surface area contributed by atoms with Crippen molar-refractivity contribution in [1.82, 2.24) is 14.6 Å². The highest BCUT2D eigenvalue weighted by Gasteiger charge is 2.10. The molecule has 1 aromatic carbocycles. The van der Waals surface area contributed by atoms with Gasteiger partial charge in [-0.15, -0.1) is 16.4 Å². The lowest BCUT2D eigenvalue weighted by atomic mass is 10.1. The maximum absolute atomic E-state index is 11.5.